The van der Waals surface area contributed by atoms with Crippen LogP contribution in [0.2, 0.25) is 0 Å². The van der Waals surface area contributed by atoms with E-state index >= 15 is 0 Å². The van der Waals surface area contributed by atoms with Crippen LogP contribution in [0.5, 0.6) is 23.0 Å². The lowest BCUT2D eigenvalue weighted by molar-refractivity contribution is -0.110. The molecule has 0 fully saturated rings. The third kappa shape index (κ3) is 5.43. The van der Waals surface area contributed by atoms with Gasteiger partial charge >= 0.3 is 0 Å². The lowest BCUT2D eigenvalue weighted by Crippen LogP contribution is -2.10. The first-order valence-corrected chi connectivity index (χ1v) is 11.5. The van der Waals surface area contributed by atoms with Crippen LogP contribution in [-0.4, -0.2) is 38.0 Å². The molecule has 0 aliphatic rings. The second-order valence-electron chi connectivity index (χ2n) is 8.69. The zero-order valence-electron chi connectivity index (χ0n) is 21.1. The molecule has 0 saturated heterocycles. The molecule has 8 heteroatoms. The van der Waals surface area contributed by atoms with Crippen LogP contribution in [0.15, 0.2) is 44.6 Å². The van der Waals surface area contributed by atoms with Gasteiger partial charge in [0, 0.05) is 23.3 Å². The van der Waals surface area contributed by atoms with Gasteiger partial charge in [0.25, 0.3) is 0 Å². The predicted molar refractivity (Wildman–Crippen MR) is 138 cm³/mol. The summed E-state index contributed by atoms with van der Waals surface area (Å²) in [5, 5.41) is 11.5. The minimum Gasteiger partial charge on any atom is -0.507 e. The average Bonchev–Trinajstić information content (AvgIpc) is 2.83. The van der Waals surface area contributed by atoms with Crippen LogP contribution in [0.3, 0.4) is 0 Å². The summed E-state index contributed by atoms with van der Waals surface area (Å²) < 4.78 is 22.8. The number of aldehydes is 2. The molecule has 8 nitrogen and oxygen atoms in total. The first-order chi connectivity index (χ1) is 17.2. The highest BCUT2D eigenvalue weighted by Crippen LogP contribution is 2.41. The second-order valence-corrected chi connectivity index (χ2v) is 8.69. The molecule has 1 heterocycles. The fraction of sp³-hybridized carbons (Fsp3) is 0.321. The number of carbonyl (C=O) groups excluding carboxylic acids is 2. The number of rotatable bonds is 11. The molecule has 0 amide bonds. The number of fused-ring (bicyclic) bond motifs is 2. The van der Waals surface area contributed by atoms with Crippen LogP contribution in [0.1, 0.15) is 38.8 Å². The zero-order chi connectivity index (χ0) is 26.4. The van der Waals surface area contributed by atoms with Crippen LogP contribution >= 0.6 is 0 Å². The number of carbonyl (C=O) groups is 2. The number of hydrogen-bond donors (Lipinski definition) is 1. The Hall–Kier alpha value is -4.07. The molecule has 0 bridgehead atoms. The van der Waals surface area contributed by atoms with Gasteiger partial charge in [0.1, 0.15) is 41.3 Å². The summed E-state index contributed by atoms with van der Waals surface area (Å²) >= 11 is 0. The normalized spacial score (nSPS) is 10.7. The first kappa shape index (κ1) is 26.5. The predicted octanol–water partition coefficient (Wildman–Crippen LogP) is 4.83. The quantitative estimate of drug-likeness (QED) is 0.229. The van der Waals surface area contributed by atoms with E-state index in [0.29, 0.717) is 42.3 Å². The van der Waals surface area contributed by atoms with Crippen molar-refractivity contribution in [3.05, 3.63) is 56.8 Å². The third-order valence-electron chi connectivity index (χ3n) is 5.56. The largest absolute Gasteiger partial charge is 0.507 e. The van der Waals surface area contributed by atoms with Gasteiger partial charge in [0.05, 0.1) is 12.5 Å². The smallest absolute Gasteiger partial charge is 0.204 e. The van der Waals surface area contributed by atoms with Crippen molar-refractivity contribution in [2.24, 2.45) is 0 Å². The lowest BCUT2D eigenvalue weighted by Gasteiger charge is -2.17. The van der Waals surface area contributed by atoms with E-state index in [4.69, 9.17) is 18.6 Å². The topological polar surface area (TPSA) is 112 Å². The number of hydrogen-bond acceptors (Lipinski definition) is 8. The maximum Gasteiger partial charge on any atom is 0.204 e. The van der Waals surface area contributed by atoms with E-state index in [0.717, 1.165) is 11.1 Å². The maximum absolute atomic E-state index is 13.9. The van der Waals surface area contributed by atoms with Gasteiger partial charge in [-0.2, -0.15) is 0 Å². The van der Waals surface area contributed by atoms with Crippen molar-refractivity contribution in [3.8, 4) is 23.0 Å². The molecule has 1 N–H and O–H groups in total. The van der Waals surface area contributed by atoms with Gasteiger partial charge in [-0.25, -0.2) is 0 Å². The molecule has 0 aliphatic heterocycles. The minimum absolute atomic E-state index is 0.000159. The Morgan fingerprint density at radius 1 is 0.861 bits per heavy atom. The molecule has 36 heavy (non-hydrogen) atoms. The van der Waals surface area contributed by atoms with Gasteiger partial charge in [0.15, 0.2) is 24.1 Å². The van der Waals surface area contributed by atoms with Gasteiger partial charge in [-0.1, -0.05) is 23.3 Å². The SMILES string of the molecule is COc1c(OCC=O)cc2oc3cc(OCC=O)c(CC=C(C)C)c(O)c3c(=O)c2c1CC=C(C)C. The molecule has 3 rings (SSSR count). The molecular weight excluding hydrogens is 464 g/mol. The maximum atomic E-state index is 13.9. The van der Waals surface area contributed by atoms with Crippen molar-refractivity contribution in [3.63, 3.8) is 0 Å². The molecule has 0 radical (unpaired) electrons. The number of aromatic hydroxyl groups is 1. The van der Waals surface area contributed by atoms with Crippen LogP contribution < -0.4 is 19.6 Å². The Morgan fingerprint density at radius 3 is 1.94 bits per heavy atom. The van der Waals surface area contributed by atoms with E-state index in [1.165, 1.54) is 19.2 Å². The Kier molecular flexibility index (Phi) is 8.53. The summed E-state index contributed by atoms with van der Waals surface area (Å²) in [6.45, 7) is 7.26. The molecule has 0 aliphatic carbocycles. The number of methoxy groups -OCH3 is 1. The van der Waals surface area contributed by atoms with Crippen molar-refractivity contribution in [2.75, 3.05) is 20.3 Å². The molecular formula is C28H30O8. The highest BCUT2D eigenvalue weighted by molar-refractivity contribution is 5.98. The lowest BCUT2D eigenvalue weighted by atomic mass is 9.98. The van der Waals surface area contributed by atoms with Crippen LogP contribution in [-0.2, 0) is 22.4 Å². The van der Waals surface area contributed by atoms with Crippen molar-refractivity contribution in [1.82, 2.24) is 0 Å². The van der Waals surface area contributed by atoms with E-state index in [1.54, 1.807) is 0 Å². The van der Waals surface area contributed by atoms with E-state index in [9.17, 15) is 19.5 Å². The summed E-state index contributed by atoms with van der Waals surface area (Å²) in [6.07, 6.45) is 5.66. The minimum atomic E-state index is -0.443. The average molecular weight is 495 g/mol. The summed E-state index contributed by atoms with van der Waals surface area (Å²) in [6, 6.07) is 2.99. The summed E-state index contributed by atoms with van der Waals surface area (Å²) in [4.78, 5) is 35.8. The van der Waals surface area contributed by atoms with Crippen LogP contribution in [0.25, 0.3) is 21.9 Å². The molecule has 190 valence electrons. The molecule has 0 atom stereocenters. The van der Waals surface area contributed by atoms with Crippen molar-refractivity contribution >= 4 is 34.5 Å². The third-order valence-corrected chi connectivity index (χ3v) is 5.56. The Labute approximate surface area is 208 Å². The Bertz CT molecular complexity index is 1420. The fourth-order valence-corrected chi connectivity index (χ4v) is 3.91. The number of allylic oxidation sites excluding steroid dienone is 4. The van der Waals surface area contributed by atoms with E-state index in [2.05, 4.69) is 0 Å². The van der Waals surface area contributed by atoms with Crippen LogP contribution in [0.4, 0.5) is 0 Å². The van der Waals surface area contributed by atoms with Crippen LogP contribution in [0, 0.1) is 0 Å². The highest BCUT2D eigenvalue weighted by atomic mass is 16.5. The number of benzene rings is 2. The van der Waals surface area contributed by atoms with E-state index in [1.807, 2.05) is 39.8 Å². The zero-order valence-corrected chi connectivity index (χ0v) is 21.1. The summed E-state index contributed by atoms with van der Waals surface area (Å²) in [7, 11) is 1.45. The second kappa shape index (κ2) is 11.6. The Balaban J connectivity index is 2.46. The van der Waals surface area contributed by atoms with Crippen molar-refractivity contribution in [1.29, 1.82) is 0 Å². The number of ether oxygens (including phenoxy) is 3. The standard InChI is InChI=1S/C28H30O8/c1-16(2)6-8-18-20(34-12-10-29)14-22-25(26(18)31)27(32)24-19(9-7-17(3)4)28(33-5)23(35-13-11-30)15-21(24)36-22/h6-7,10-11,14-15,31H,8-9,12-13H2,1-5H3. The van der Waals surface area contributed by atoms with Gasteiger partial charge in [-0.15, -0.1) is 0 Å². The Morgan fingerprint density at radius 2 is 1.39 bits per heavy atom. The number of phenols is 1. The summed E-state index contributed by atoms with van der Waals surface area (Å²) in [5.74, 6) is 0.528. The van der Waals surface area contributed by atoms with Crippen molar-refractivity contribution in [2.45, 2.75) is 40.5 Å². The molecule has 1 aromatic heterocycles. The summed E-state index contributed by atoms with van der Waals surface area (Å²) in [5.41, 5.74) is 2.77. The van der Waals surface area contributed by atoms with E-state index in [-0.39, 0.29) is 52.4 Å². The fourth-order valence-electron chi connectivity index (χ4n) is 3.91. The molecule has 0 spiro atoms. The van der Waals surface area contributed by atoms with Crippen molar-refractivity contribution < 1.29 is 33.3 Å². The molecule has 0 saturated carbocycles. The first-order valence-electron chi connectivity index (χ1n) is 11.5. The van der Waals surface area contributed by atoms with Gasteiger partial charge < -0.3 is 23.7 Å². The number of phenolic OH excluding ortho intramolecular Hbond substituents is 1. The monoisotopic (exact) mass is 494 g/mol. The molecule has 3 aromatic rings. The van der Waals surface area contributed by atoms with Gasteiger partial charge in [-0.05, 0) is 40.5 Å². The van der Waals surface area contributed by atoms with Gasteiger partial charge in [0.2, 0.25) is 5.43 Å². The molecule has 0 unspecified atom stereocenters. The van der Waals surface area contributed by atoms with E-state index < -0.39 is 5.43 Å². The molecule has 2 aromatic carbocycles. The van der Waals surface area contributed by atoms with Gasteiger partial charge in [-0.3, -0.25) is 14.4 Å². The highest BCUT2D eigenvalue weighted by Gasteiger charge is 2.24.